The van der Waals surface area contributed by atoms with Gasteiger partial charge < -0.3 is 31.3 Å². The van der Waals surface area contributed by atoms with Crippen LogP contribution >= 0.6 is 0 Å². The lowest BCUT2D eigenvalue weighted by atomic mass is 9.71. The molecular weight excluding hydrogens is 559 g/mol. The first-order chi connectivity index (χ1) is 17.2. The number of piperidine rings is 3. The van der Waals surface area contributed by atoms with E-state index in [1.165, 1.54) is 7.11 Å². The molecule has 0 radical (unpaired) electrons. The molecule has 0 amide bonds. The third kappa shape index (κ3) is 4.42. The van der Waals surface area contributed by atoms with Gasteiger partial charge in [-0.25, -0.2) is 22.0 Å². The van der Waals surface area contributed by atoms with E-state index in [1.807, 2.05) is 0 Å². The summed E-state index contributed by atoms with van der Waals surface area (Å²) in [6.45, 7) is 4.27. The smallest absolute Gasteiger partial charge is 0.200 e. The van der Waals surface area contributed by atoms with Gasteiger partial charge >= 0.3 is 0 Å². The zero-order valence-corrected chi connectivity index (χ0v) is 21.6. The second-order valence-electron chi connectivity index (χ2n) is 9.81. The first kappa shape index (κ1) is 27.5. The molecule has 198 valence electrons. The minimum absolute atomic E-state index is 0. The van der Waals surface area contributed by atoms with Crippen LogP contribution in [0.25, 0.3) is 10.9 Å². The molecule has 3 fully saturated rings. The number of fused-ring (bicyclic) bond motifs is 4. The molecule has 4 heterocycles. The number of aromatic nitrogens is 1. The van der Waals surface area contributed by atoms with E-state index < -0.39 is 53.3 Å². The van der Waals surface area contributed by atoms with Gasteiger partial charge in [0.25, 0.3) is 0 Å². The number of aliphatic hydroxyl groups is 1. The van der Waals surface area contributed by atoms with Crippen molar-refractivity contribution in [1.82, 2.24) is 4.98 Å². The summed E-state index contributed by atoms with van der Waals surface area (Å²) in [6.07, 6.45) is 3.49. The molecule has 3 unspecified atom stereocenters. The molecule has 10 heteroatoms. The van der Waals surface area contributed by atoms with Crippen LogP contribution in [0.15, 0.2) is 43.1 Å². The van der Waals surface area contributed by atoms with Gasteiger partial charge in [0.05, 0.1) is 31.3 Å². The third-order valence-corrected chi connectivity index (χ3v) is 8.11. The highest BCUT2D eigenvalue weighted by Crippen LogP contribution is 2.48. The van der Waals surface area contributed by atoms with Gasteiger partial charge in [-0.2, -0.15) is 0 Å². The molecule has 4 nitrogen and oxygen atoms in total. The topological polar surface area (TPSA) is 42.4 Å². The predicted octanol–water partition coefficient (Wildman–Crippen LogP) is 2.59. The molecule has 1 N–H and O–H groups in total. The molecule has 1 aromatic heterocycles. The highest BCUT2D eigenvalue weighted by molar-refractivity contribution is 5.83. The molecule has 2 aromatic carbocycles. The number of halogens is 6. The second kappa shape index (κ2) is 10.3. The van der Waals surface area contributed by atoms with Crippen molar-refractivity contribution < 1.29 is 53.3 Å². The lowest BCUT2D eigenvalue weighted by Crippen LogP contribution is -3.00. The predicted molar refractivity (Wildman–Crippen MR) is 123 cm³/mol. The van der Waals surface area contributed by atoms with Crippen molar-refractivity contribution in [2.75, 3.05) is 20.2 Å². The van der Waals surface area contributed by atoms with Gasteiger partial charge in [0.2, 0.25) is 5.82 Å². The summed E-state index contributed by atoms with van der Waals surface area (Å²) < 4.78 is 76.7. The number of benzene rings is 2. The first-order valence-electron chi connectivity index (χ1n) is 11.8. The number of nitrogens with zero attached hydrogens (tertiary/aromatic N) is 2. The Labute approximate surface area is 221 Å². The molecule has 3 aliphatic heterocycles. The van der Waals surface area contributed by atoms with Crippen molar-refractivity contribution in [1.29, 1.82) is 0 Å². The normalized spacial score (nSPS) is 25.5. The van der Waals surface area contributed by atoms with Gasteiger partial charge in [0, 0.05) is 30.3 Å². The average Bonchev–Trinajstić information content (AvgIpc) is 2.92. The van der Waals surface area contributed by atoms with Gasteiger partial charge in [-0.15, -0.1) is 6.58 Å². The van der Waals surface area contributed by atoms with Gasteiger partial charge in [-0.1, -0.05) is 6.08 Å². The molecule has 0 saturated carbocycles. The maximum Gasteiger partial charge on any atom is 0.200 e. The van der Waals surface area contributed by atoms with Gasteiger partial charge in [0.15, 0.2) is 23.3 Å². The van der Waals surface area contributed by atoms with Crippen molar-refractivity contribution in [2.24, 2.45) is 11.8 Å². The van der Waals surface area contributed by atoms with Crippen LogP contribution in [0.1, 0.15) is 30.1 Å². The summed E-state index contributed by atoms with van der Waals surface area (Å²) in [5.74, 6) is -8.98. The van der Waals surface area contributed by atoms with Gasteiger partial charge in [-0.05, 0) is 35.7 Å². The maximum atomic E-state index is 14.8. The maximum absolute atomic E-state index is 14.8. The molecule has 37 heavy (non-hydrogen) atoms. The minimum Gasteiger partial charge on any atom is -1.00 e. The summed E-state index contributed by atoms with van der Waals surface area (Å²) in [7, 11) is 1.53. The molecular formula is C27H26BrF5N2O2. The molecule has 3 aromatic rings. The summed E-state index contributed by atoms with van der Waals surface area (Å²) in [5.41, 5.74) is 0.355. The van der Waals surface area contributed by atoms with Crippen molar-refractivity contribution in [3.05, 3.63) is 83.3 Å². The van der Waals surface area contributed by atoms with E-state index in [9.17, 15) is 27.1 Å². The largest absolute Gasteiger partial charge is 1.00 e. The molecule has 3 saturated heterocycles. The molecule has 0 aliphatic carbocycles. The van der Waals surface area contributed by atoms with E-state index in [0.29, 0.717) is 48.1 Å². The summed E-state index contributed by atoms with van der Waals surface area (Å²) in [6, 6.07) is 6.44. The van der Waals surface area contributed by atoms with E-state index in [-0.39, 0.29) is 33.3 Å². The van der Waals surface area contributed by atoms with E-state index in [0.717, 1.165) is 0 Å². The summed E-state index contributed by atoms with van der Waals surface area (Å²) in [5, 5.41) is 12.4. The van der Waals surface area contributed by atoms with Crippen LogP contribution in [0, 0.1) is 40.9 Å². The average molecular weight is 585 g/mol. The number of quaternary nitrogens is 1. The lowest BCUT2D eigenvalue weighted by Gasteiger charge is -2.58. The van der Waals surface area contributed by atoms with Crippen LogP contribution in [-0.2, 0) is 6.54 Å². The lowest BCUT2D eigenvalue weighted by molar-refractivity contribution is -0.985. The fraction of sp³-hybridized carbons (Fsp3) is 0.370. The zero-order chi connectivity index (χ0) is 25.8. The van der Waals surface area contributed by atoms with Crippen molar-refractivity contribution >= 4 is 10.9 Å². The SMILES string of the molecule is C=CC1C[N+]2(Cc3c(F)c(F)c(F)c(F)c3F)CCC1C[C@H]2[C@H](O)c1ccnc2ccc(OC)cc12.[Br-]. The van der Waals surface area contributed by atoms with Crippen LogP contribution in [0.2, 0.25) is 0 Å². The first-order valence-corrected chi connectivity index (χ1v) is 11.8. The number of hydrogen-bond donors (Lipinski definition) is 1. The Kier molecular flexibility index (Phi) is 7.65. The van der Waals surface area contributed by atoms with Crippen molar-refractivity contribution in [3.8, 4) is 5.75 Å². The number of rotatable bonds is 6. The van der Waals surface area contributed by atoms with Crippen molar-refractivity contribution in [2.45, 2.75) is 31.5 Å². The van der Waals surface area contributed by atoms with Crippen LogP contribution in [-0.4, -0.2) is 40.8 Å². The Morgan fingerprint density at radius 1 is 1.11 bits per heavy atom. The molecule has 2 bridgehead atoms. The number of ether oxygens (including phenoxy) is 1. The van der Waals surface area contributed by atoms with E-state index in [2.05, 4.69) is 11.6 Å². The summed E-state index contributed by atoms with van der Waals surface area (Å²) >= 11 is 0. The number of pyridine rings is 1. The van der Waals surface area contributed by atoms with E-state index in [1.54, 1.807) is 36.5 Å². The van der Waals surface area contributed by atoms with Gasteiger partial charge in [0.1, 0.15) is 24.4 Å². The zero-order valence-electron chi connectivity index (χ0n) is 20.0. The van der Waals surface area contributed by atoms with Crippen LogP contribution in [0.3, 0.4) is 0 Å². The van der Waals surface area contributed by atoms with E-state index in [4.69, 9.17) is 4.74 Å². The standard InChI is InChI=1S/C27H26F5N2O2.BrH/c1-3-14-12-34(13-19-22(28)24(30)26(32)25(31)23(19)29)9-7-15(14)10-21(34)27(35)17-6-8-33-20-5-4-16(36-2)11-18(17)20;/h3-6,8,11,14-15,21,27,35H,1,7,9-10,12-13H2,2H3;1H/q+1;/p-1/t14?,15?,21-,27+,34?;/m0./s1. The van der Waals surface area contributed by atoms with Crippen molar-refractivity contribution in [3.63, 3.8) is 0 Å². The minimum atomic E-state index is -2.18. The highest BCUT2D eigenvalue weighted by atomic mass is 79.9. The fourth-order valence-electron chi connectivity index (χ4n) is 6.22. The van der Waals surface area contributed by atoms with Crippen LogP contribution in [0.4, 0.5) is 22.0 Å². The number of aliphatic hydroxyl groups excluding tert-OH is 1. The van der Waals surface area contributed by atoms with Crippen LogP contribution < -0.4 is 21.7 Å². The monoisotopic (exact) mass is 584 g/mol. The van der Waals surface area contributed by atoms with Gasteiger partial charge in [-0.3, -0.25) is 4.98 Å². The van der Waals surface area contributed by atoms with E-state index >= 15 is 0 Å². The fourth-order valence-corrected chi connectivity index (χ4v) is 6.22. The Morgan fingerprint density at radius 3 is 2.43 bits per heavy atom. The highest BCUT2D eigenvalue weighted by Gasteiger charge is 2.54. The molecule has 5 atom stereocenters. The molecule has 3 aliphatic rings. The Balaban J connectivity index is 0.00000320. The summed E-state index contributed by atoms with van der Waals surface area (Å²) in [4.78, 5) is 4.35. The molecule has 6 rings (SSSR count). The Bertz CT molecular complexity index is 1330. The number of methoxy groups -OCH3 is 1. The van der Waals surface area contributed by atoms with Crippen LogP contribution in [0.5, 0.6) is 5.75 Å². The quantitative estimate of drug-likeness (QED) is 0.159. The third-order valence-electron chi connectivity index (χ3n) is 8.11. The second-order valence-corrected chi connectivity index (χ2v) is 9.81. The number of hydrogen-bond acceptors (Lipinski definition) is 3. The molecule has 0 spiro atoms. The Morgan fingerprint density at radius 2 is 1.78 bits per heavy atom. The Hall–Kier alpha value is -2.56.